The van der Waals surface area contributed by atoms with Crippen LogP contribution in [0, 0.1) is 0 Å². The lowest BCUT2D eigenvalue weighted by atomic mass is 10.3. The Morgan fingerprint density at radius 2 is 2.23 bits per heavy atom. The van der Waals surface area contributed by atoms with Gasteiger partial charge < -0.3 is 15.8 Å². The molecule has 1 amide bonds. The van der Waals surface area contributed by atoms with E-state index in [4.69, 9.17) is 10.5 Å². The van der Waals surface area contributed by atoms with Gasteiger partial charge >= 0.3 is 6.09 Å². The minimum absolute atomic E-state index is 0.409. The van der Waals surface area contributed by atoms with E-state index in [1.54, 1.807) is 18.2 Å². The van der Waals surface area contributed by atoms with Crippen LogP contribution in [0.25, 0.3) is 0 Å². The van der Waals surface area contributed by atoms with Crippen LogP contribution in [0.5, 0.6) is 5.75 Å². The third kappa shape index (κ3) is 2.95. The number of nitrogens with two attached hydrogens (primary N) is 1. The van der Waals surface area contributed by atoms with Gasteiger partial charge in [-0.1, -0.05) is 15.9 Å². The molecular weight excluding hydrogens is 236 g/mol. The molecule has 1 aromatic rings. The maximum absolute atomic E-state index is 10.8. The summed E-state index contributed by atoms with van der Waals surface area (Å²) in [5.41, 5.74) is 6.07. The van der Waals surface area contributed by atoms with E-state index in [9.17, 15) is 4.79 Å². The van der Waals surface area contributed by atoms with Crippen LogP contribution in [0.3, 0.4) is 0 Å². The fourth-order valence-electron chi connectivity index (χ4n) is 0.801. The van der Waals surface area contributed by atoms with Crippen LogP contribution in [0.4, 0.5) is 10.5 Å². The summed E-state index contributed by atoms with van der Waals surface area (Å²) < 4.78 is 5.63. The highest BCUT2D eigenvalue weighted by molar-refractivity contribution is 9.10. The molecule has 0 saturated carbocycles. The highest BCUT2D eigenvalue weighted by Gasteiger charge is 2.02. The Hall–Kier alpha value is -1.23. The molecule has 0 saturated heterocycles. The first-order valence-electron chi connectivity index (χ1n) is 3.57. The molecular formula is C8H9BrN2O2. The lowest BCUT2D eigenvalue weighted by Crippen LogP contribution is -2.22. The average Bonchev–Trinajstić information content (AvgIpc) is 2.02. The lowest BCUT2D eigenvalue weighted by molar-refractivity contribution is 0.203. The van der Waals surface area contributed by atoms with Gasteiger partial charge in [0.15, 0.2) is 0 Å². The predicted molar refractivity (Wildman–Crippen MR) is 53.6 cm³/mol. The summed E-state index contributed by atoms with van der Waals surface area (Å²) in [6.45, 7) is 0. The summed E-state index contributed by atoms with van der Waals surface area (Å²) in [6, 6.07) is 4.95. The highest BCUT2D eigenvalue weighted by Crippen LogP contribution is 2.22. The largest absolute Gasteiger partial charge is 0.412 e. The lowest BCUT2D eigenvalue weighted by Gasteiger charge is -2.04. The van der Waals surface area contributed by atoms with Gasteiger partial charge in [0.25, 0.3) is 0 Å². The Labute approximate surface area is 84.2 Å². The summed E-state index contributed by atoms with van der Waals surface area (Å²) in [7, 11) is 1.49. The van der Waals surface area contributed by atoms with Crippen LogP contribution < -0.4 is 15.8 Å². The Morgan fingerprint density at radius 1 is 1.54 bits per heavy atom. The zero-order valence-electron chi connectivity index (χ0n) is 7.00. The number of halogens is 1. The third-order valence-electron chi connectivity index (χ3n) is 1.31. The van der Waals surface area contributed by atoms with Crippen LogP contribution in [-0.4, -0.2) is 13.1 Å². The maximum Gasteiger partial charge on any atom is 0.412 e. The number of amides is 1. The monoisotopic (exact) mass is 244 g/mol. The minimum atomic E-state index is -0.516. The Kier molecular flexibility index (Phi) is 3.13. The van der Waals surface area contributed by atoms with Crippen LogP contribution >= 0.6 is 15.9 Å². The number of nitrogen functional groups attached to an aromatic ring is 1. The second-order valence-corrected chi connectivity index (χ2v) is 3.28. The van der Waals surface area contributed by atoms with Gasteiger partial charge in [-0.2, -0.15) is 0 Å². The first-order chi connectivity index (χ1) is 6.11. The summed E-state index contributed by atoms with van der Waals surface area (Å²) in [5.74, 6) is 0.409. The molecule has 1 aromatic carbocycles. The van der Waals surface area contributed by atoms with Crippen molar-refractivity contribution in [3.8, 4) is 5.75 Å². The Balaban J connectivity index is 2.83. The van der Waals surface area contributed by atoms with Crippen molar-refractivity contribution in [1.82, 2.24) is 5.32 Å². The molecule has 0 bridgehead atoms. The molecule has 0 aliphatic heterocycles. The average molecular weight is 245 g/mol. The predicted octanol–water partition coefficient (Wildman–Crippen LogP) is 1.75. The van der Waals surface area contributed by atoms with Crippen LogP contribution in [-0.2, 0) is 0 Å². The van der Waals surface area contributed by atoms with Crippen molar-refractivity contribution >= 4 is 27.7 Å². The van der Waals surface area contributed by atoms with Gasteiger partial charge in [-0.15, -0.1) is 0 Å². The van der Waals surface area contributed by atoms with Crippen molar-refractivity contribution in [3.05, 3.63) is 22.7 Å². The van der Waals surface area contributed by atoms with Crippen molar-refractivity contribution in [1.29, 1.82) is 0 Å². The first-order valence-corrected chi connectivity index (χ1v) is 4.37. The van der Waals surface area contributed by atoms with Gasteiger partial charge in [0.1, 0.15) is 5.75 Å². The fraction of sp³-hybridized carbons (Fsp3) is 0.125. The van der Waals surface area contributed by atoms with Crippen molar-refractivity contribution in [3.63, 3.8) is 0 Å². The molecule has 0 aromatic heterocycles. The molecule has 0 aliphatic rings. The van der Waals surface area contributed by atoms with E-state index in [0.717, 1.165) is 4.47 Å². The normalized spacial score (nSPS) is 9.38. The SMILES string of the molecule is CNC(=O)Oc1cc(N)cc(Br)c1. The summed E-state index contributed by atoms with van der Waals surface area (Å²) in [4.78, 5) is 10.8. The van der Waals surface area contributed by atoms with E-state index in [2.05, 4.69) is 21.2 Å². The quantitative estimate of drug-likeness (QED) is 0.741. The molecule has 0 aliphatic carbocycles. The van der Waals surface area contributed by atoms with E-state index in [1.165, 1.54) is 7.05 Å². The number of anilines is 1. The summed E-state index contributed by atoms with van der Waals surface area (Å²) in [6.07, 6.45) is -0.516. The fourth-order valence-corrected chi connectivity index (χ4v) is 1.29. The van der Waals surface area contributed by atoms with Crippen molar-refractivity contribution in [2.24, 2.45) is 0 Å². The Morgan fingerprint density at radius 3 is 2.77 bits per heavy atom. The van der Waals surface area contributed by atoms with E-state index >= 15 is 0 Å². The van der Waals surface area contributed by atoms with E-state index in [1.807, 2.05) is 0 Å². The molecule has 0 fully saturated rings. The molecule has 5 heteroatoms. The maximum atomic E-state index is 10.8. The second-order valence-electron chi connectivity index (χ2n) is 2.36. The number of ether oxygens (including phenoxy) is 1. The number of carbonyl (C=O) groups is 1. The van der Waals surface area contributed by atoms with Crippen LogP contribution in [0.1, 0.15) is 0 Å². The summed E-state index contributed by atoms with van der Waals surface area (Å²) in [5, 5.41) is 2.34. The molecule has 0 spiro atoms. The second kappa shape index (κ2) is 4.13. The first kappa shape index (κ1) is 9.85. The van der Waals surface area contributed by atoms with Crippen molar-refractivity contribution in [2.75, 3.05) is 12.8 Å². The number of rotatable bonds is 1. The van der Waals surface area contributed by atoms with E-state index < -0.39 is 6.09 Å². The molecule has 13 heavy (non-hydrogen) atoms. The molecule has 0 unspecified atom stereocenters. The highest BCUT2D eigenvalue weighted by atomic mass is 79.9. The molecule has 0 radical (unpaired) electrons. The van der Waals surface area contributed by atoms with Gasteiger partial charge in [0.2, 0.25) is 0 Å². The number of benzene rings is 1. The molecule has 70 valence electrons. The number of nitrogens with one attached hydrogen (secondary N) is 1. The van der Waals surface area contributed by atoms with Gasteiger partial charge in [-0.3, -0.25) is 0 Å². The molecule has 4 nitrogen and oxygen atoms in total. The number of carbonyl (C=O) groups excluding carboxylic acids is 1. The standard InChI is InChI=1S/C8H9BrN2O2/c1-11-8(12)13-7-3-5(9)2-6(10)4-7/h2-4H,10H2,1H3,(H,11,12). The van der Waals surface area contributed by atoms with Crippen LogP contribution in [0.2, 0.25) is 0 Å². The third-order valence-corrected chi connectivity index (χ3v) is 1.77. The Bertz CT molecular complexity index is 308. The minimum Gasteiger partial charge on any atom is -0.410 e. The molecule has 0 heterocycles. The van der Waals surface area contributed by atoms with Gasteiger partial charge in [-0.05, 0) is 12.1 Å². The van der Waals surface area contributed by atoms with Gasteiger partial charge in [0.05, 0.1) is 0 Å². The van der Waals surface area contributed by atoms with E-state index in [0.29, 0.717) is 11.4 Å². The number of hydrogen-bond donors (Lipinski definition) is 2. The van der Waals surface area contributed by atoms with Gasteiger partial charge in [0, 0.05) is 23.3 Å². The molecule has 0 atom stereocenters. The van der Waals surface area contributed by atoms with Gasteiger partial charge in [-0.25, -0.2) is 4.79 Å². The zero-order chi connectivity index (χ0) is 9.84. The molecule has 1 rings (SSSR count). The van der Waals surface area contributed by atoms with Crippen molar-refractivity contribution < 1.29 is 9.53 Å². The number of hydrogen-bond acceptors (Lipinski definition) is 3. The smallest absolute Gasteiger partial charge is 0.410 e. The molecule has 3 N–H and O–H groups in total. The summed E-state index contributed by atoms with van der Waals surface area (Å²) >= 11 is 3.23. The topological polar surface area (TPSA) is 64.3 Å². The zero-order valence-corrected chi connectivity index (χ0v) is 8.59. The van der Waals surface area contributed by atoms with E-state index in [-0.39, 0.29) is 0 Å². The van der Waals surface area contributed by atoms with Crippen LogP contribution in [0.15, 0.2) is 22.7 Å². The van der Waals surface area contributed by atoms with Crippen molar-refractivity contribution in [2.45, 2.75) is 0 Å².